The van der Waals surface area contributed by atoms with E-state index in [9.17, 15) is 13.6 Å². The van der Waals surface area contributed by atoms with Crippen LogP contribution in [0.25, 0.3) is 0 Å². The highest BCUT2D eigenvalue weighted by Crippen LogP contribution is 2.10. The fourth-order valence-corrected chi connectivity index (χ4v) is 2.13. The molecule has 1 aromatic heterocycles. The van der Waals surface area contributed by atoms with Crippen molar-refractivity contribution in [3.8, 4) is 0 Å². The molecule has 1 aromatic rings. The second-order valence-corrected chi connectivity index (χ2v) is 4.33. The normalized spacial score (nSPS) is 16.9. The summed E-state index contributed by atoms with van der Waals surface area (Å²) >= 11 is 0. The van der Waals surface area contributed by atoms with E-state index < -0.39 is 13.0 Å². The number of amides is 1. The highest BCUT2D eigenvalue weighted by atomic mass is 19.3. The molecule has 2 rings (SSSR count). The van der Waals surface area contributed by atoms with Gasteiger partial charge in [-0.05, 0) is 25.1 Å². The van der Waals surface area contributed by atoms with Crippen LogP contribution in [0.2, 0.25) is 0 Å². The van der Waals surface area contributed by atoms with Gasteiger partial charge in [0.05, 0.1) is 6.54 Å². The molecule has 1 N–H and O–H groups in total. The predicted molar refractivity (Wildman–Crippen MR) is 63.8 cm³/mol. The Balaban J connectivity index is 2.09. The SMILES string of the molecule is O=C(c1cccn1CC(F)F)N1CCCNCC1. The molecule has 0 unspecified atom stereocenters. The Morgan fingerprint density at radius 3 is 3.00 bits per heavy atom. The molecule has 1 aliphatic heterocycles. The standard InChI is InChI=1S/C12H17F2N3O/c13-11(14)9-17-6-1-3-10(17)12(18)16-7-2-4-15-5-8-16/h1,3,6,11,15H,2,4-5,7-9H2. The van der Waals surface area contributed by atoms with Crippen molar-refractivity contribution < 1.29 is 13.6 Å². The minimum Gasteiger partial charge on any atom is -0.338 e. The third kappa shape index (κ3) is 3.07. The lowest BCUT2D eigenvalue weighted by atomic mass is 10.3. The fourth-order valence-electron chi connectivity index (χ4n) is 2.13. The number of carbonyl (C=O) groups is 1. The molecule has 0 spiro atoms. The molecule has 100 valence electrons. The van der Waals surface area contributed by atoms with Crippen LogP contribution in [0.15, 0.2) is 18.3 Å². The zero-order valence-corrected chi connectivity index (χ0v) is 10.1. The molecule has 18 heavy (non-hydrogen) atoms. The van der Waals surface area contributed by atoms with Crippen molar-refractivity contribution in [2.24, 2.45) is 0 Å². The largest absolute Gasteiger partial charge is 0.338 e. The zero-order chi connectivity index (χ0) is 13.0. The van der Waals surface area contributed by atoms with Gasteiger partial charge in [0.25, 0.3) is 12.3 Å². The van der Waals surface area contributed by atoms with Crippen LogP contribution in [0.3, 0.4) is 0 Å². The lowest BCUT2D eigenvalue weighted by Gasteiger charge is -2.20. The van der Waals surface area contributed by atoms with Crippen LogP contribution in [-0.2, 0) is 6.54 Å². The van der Waals surface area contributed by atoms with Gasteiger partial charge in [-0.15, -0.1) is 0 Å². The summed E-state index contributed by atoms with van der Waals surface area (Å²) in [6.45, 7) is 2.51. The number of aromatic nitrogens is 1. The van der Waals surface area contributed by atoms with E-state index in [0.717, 1.165) is 19.5 Å². The summed E-state index contributed by atoms with van der Waals surface area (Å²) in [5.41, 5.74) is 0.345. The van der Waals surface area contributed by atoms with Gasteiger partial charge in [-0.2, -0.15) is 0 Å². The maximum Gasteiger partial charge on any atom is 0.270 e. The Kier molecular flexibility index (Phi) is 4.30. The molecule has 4 nitrogen and oxygen atoms in total. The topological polar surface area (TPSA) is 37.3 Å². The monoisotopic (exact) mass is 257 g/mol. The average molecular weight is 257 g/mol. The molecule has 0 atom stereocenters. The highest BCUT2D eigenvalue weighted by Gasteiger charge is 2.20. The predicted octanol–water partition coefficient (Wildman–Crippen LogP) is 1.19. The molecule has 1 saturated heterocycles. The molecule has 0 aliphatic carbocycles. The highest BCUT2D eigenvalue weighted by molar-refractivity contribution is 5.92. The molecule has 2 heterocycles. The molecule has 0 radical (unpaired) electrons. The van der Waals surface area contributed by atoms with Crippen molar-refractivity contribution in [2.45, 2.75) is 19.4 Å². The lowest BCUT2D eigenvalue weighted by molar-refractivity contribution is 0.0745. The number of alkyl halides is 2. The quantitative estimate of drug-likeness (QED) is 0.883. The van der Waals surface area contributed by atoms with Crippen molar-refractivity contribution in [3.63, 3.8) is 0 Å². The first-order valence-corrected chi connectivity index (χ1v) is 6.12. The molecular weight excluding hydrogens is 240 g/mol. The van der Waals surface area contributed by atoms with Gasteiger partial charge in [0.15, 0.2) is 0 Å². The first-order valence-electron chi connectivity index (χ1n) is 6.12. The third-order valence-corrected chi connectivity index (χ3v) is 3.01. The summed E-state index contributed by atoms with van der Waals surface area (Å²) in [7, 11) is 0. The number of hydrogen-bond acceptors (Lipinski definition) is 2. The second kappa shape index (κ2) is 5.95. The molecule has 1 amide bonds. The summed E-state index contributed by atoms with van der Waals surface area (Å²) in [5.74, 6) is -0.163. The molecule has 1 fully saturated rings. The van der Waals surface area contributed by atoms with Crippen LogP contribution < -0.4 is 5.32 Å². The summed E-state index contributed by atoms with van der Waals surface area (Å²) in [6.07, 6.45) is -0.0359. The van der Waals surface area contributed by atoms with Gasteiger partial charge in [0.1, 0.15) is 5.69 Å². The van der Waals surface area contributed by atoms with E-state index in [4.69, 9.17) is 0 Å². The van der Waals surface area contributed by atoms with Gasteiger partial charge in [-0.3, -0.25) is 4.79 Å². The molecule has 0 aromatic carbocycles. The summed E-state index contributed by atoms with van der Waals surface area (Å²) in [6, 6.07) is 3.23. The number of hydrogen-bond donors (Lipinski definition) is 1. The number of nitrogens with one attached hydrogen (secondary N) is 1. The van der Waals surface area contributed by atoms with E-state index in [1.54, 1.807) is 17.0 Å². The average Bonchev–Trinajstić information content (AvgIpc) is 2.63. The smallest absolute Gasteiger partial charge is 0.270 e. The lowest BCUT2D eigenvalue weighted by Crippen LogP contribution is -2.35. The van der Waals surface area contributed by atoms with Gasteiger partial charge >= 0.3 is 0 Å². The van der Waals surface area contributed by atoms with Crippen molar-refractivity contribution in [3.05, 3.63) is 24.0 Å². The van der Waals surface area contributed by atoms with Crippen LogP contribution >= 0.6 is 0 Å². The van der Waals surface area contributed by atoms with Crippen molar-refractivity contribution >= 4 is 5.91 Å². The number of carbonyl (C=O) groups excluding carboxylic acids is 1. The van der Waals surface area contributed by atoms with Crippen LogP contribution in [0.5, 0.6) is 0 Å². The van der Waals surface area contributed by atoms with Gasteiger partial charge in [-0.25, -0.2) is 8.78 Å². The van der Waals surface area contributed by atoms with E-state index in [2.05, 4.69) is 5.32 Å². The van der Waals surface area contributed by atoms with Crippen molar-refractivity contribution in [2.75, 3.05) is 26.2 Å². The van der Waals surface area contributed by atoms with Crippen LogP contribution in [0, 0.1) is 0 Å². The van der Waals surface area contributed by atoms with E-state index in [0.29, 0.717) is 18.8 Å². The first-order chi connectivity index (χ1) is 8.68. The van der Waals surface area contributed by atoms with E-state index in [1.165, 1.54) is 10.8 Å². The van der Waals surface area contributed by atoms with Gasteiger partial charge < -0.3 is 14.8 Å². The van der Waals surface area contributed by atoms with Crippen LogP contribution in [0.1, 0.15) is 16.9 Å². The molecule has 0 bridgehead atoms. The van der Waals surface area contributed by atoms with Gasteiger partial charge in [-0.1, -0.05) is 0 Å². The minimum atomic E-state index is -2.45. The summed E-state index contributed by atoms with van der Waals surface area (Å²) in [5, 5.41) is 3.20. The second-order valence-electron chi connectivity index (χ2n) is 4.33. The van der Waals surface area contributed by atoms with Gasteiger partial charge in [0.2, 0.25) is 0 Å². The molecular formula is C12H17F2N3O. The number of halogens is 2. The van der Waals surface area contributed by atoms with E-state index in [-0.39, 0.29) is 5.91 Å². The Labute approximate surface area is 105 Å². The maximum atomic E-state index is 12.4. The Morgan fingerprint density at radius 1 is 1.39 bits per heavy atom. The fraction of sp³-hybridized carbons (Fsp3) is 0.583. The van der Waals surface area contributed by atoms with Crippen LogP contribution in [0.4, 0.5) is 8.78 Å². The van der Waals surface area contributed by atoms with Crippen molar-refractivity contribution in [1.29, 1.82) is 0 Å². The van der Waals surface area contributed by atoms with E-state index in [1.807, 2.05) is 0 Å². The summed E-state index contributed by atoms with van der Waals surface area (Å²) in [4.78, 5) is 14.0. The maximum absolute atomic E-state index is 12.4. The summed E-state index contributed by atoms with van der Waals surface area (Å²) < 4.78 is 26.1. The minimum absolute atomic E-state index is 0.163. The molecule has 6 heteroatoms. The van der Waals surface area contributed by atoms with Crippen molar-refractivity contribution in [1.82, 2.24) is 14.8 Å². The van der Waals surface area contributed by atoms with E-state index >= 15 is 0 Å². The van der Waals surface area contributed by atoms with Crippen LogP contribution in [-0.4, -0.2) is 48.0 Å². The Bertz CT molecular complexity index is 398. The Morgan fingerprint density at radius 2 is 2.22 bits per heavy atom. The Hall–Kier alpha value is -1.43. The number of nitrogens with zero attached hydrogens (tertiary/aromatic N) is 2. The van der Waals surface area contributed by atoms with Gasteiger partial charge in [0, 0.05) is 25.8 Å². The molecule has 1 aliphatic rings. The first kappa shape index (κ1) is 13.0. The number of rotatable bonds is 3. The molecule has 0 saturated carbocycles. The zero-order valence-electron chi connectivity index (χ0n) is 10.1. The third-order valence-electron chi connectivity index (χ3n) is 3.01.